The zero-order chi connectivity index (χ0) is 16.5. The summed E-state index contributed by atoms with van der Waals surface area (Å²) < 4.78 is 10.9. The van der Waals surface area contributed by atoms with Gasteiger partial charge in [-0.3, -0.25) is 0 Å². The standard InChI is InChI=1S/C18H19NO4/c1-14-8-6-7-11-17(14)22-13-12-16(19-21-2)18(20)23-15-9-4-3-5-10-15/h3-11H,12-13H2,1-2H3. The van der Waals surface area contributed by atoms with Crippen LogP contribution in [-0.2, 0) is 9.63 Å². The molecule has 0 saturated heterocycles. The van der Waals surface area contributed by atoms with Gasteiger partial charge in [0.15, 0.2) is 5.71 Å². The Bertz CT molecular complexity index is 668. The van der Waals surface area contributed by atoms with E-state index in [4.69, 9.17) is 14.3 Å². The third-order valence-corrected chi connectivity index (χ3v) is 3.08. The summed E-state index contributed by atoms with van der Waals surface area (Å²) in [4.78, 5) is 16.8. The molecule has 0 aromatic heterocycles. The van der Waals surface area contributed by atoms with Crippen molar-refractivity contribution in [2.45, 2.75) is 13.3 Å². The number of nitrogens with zero attached hydrogens (tertiary/aromatic N) is 1. The van der Waals surface area contributed by atoms with Crippen LogP contribution in [0.4, 0.5) is 0 Å². The molecule has 2 rings (SSSR count). The fraction of sp³-hybridized carbons (Fsp3) is 0.222. The summed E-state index contributed by atoms with van der Waals surface area (Å²) in [5, 5.41) is 3.74. The minimum absolute atomic E-state index is 0.171. The molecular formula is C18H19NO4. The molecule has 0 N–H and O–H groups in total. The van der Waals surface area contributed by atoms with E-state index in [2.05, 4.69) is 5.16 Å². The molecule has 0 aliphatic heterocycles. The van der Waals surface area contributed by atoms with E-state index in [1.165, 1.54) is 7.11 Å². The number of aryl methyl sites for hydroxylation is 1. The smallest absolute Gasteiger partial charge is 0.361 e. The third-order valence-electron chi connectivity index (χ3n) is 3.08. The van der Waals surface area contributed by atoms with Crippen molar-refractivity contribution in [3.05, 3.63) is 60.2 Å². The van der Waals surface area contributed by atoms with Crippen LogP contribution in [0.2, 0.25) is 0 Å². The highest BCUT2D eigenvalue weighted by molar-refractivity contribution is 6.36. The minimum atomic E-state index is -0.550. The Kier molecular flexibility index (Phi) is 6.17. The molecule has 0 saturated carbocycles. The van der Waals surface area contributed by atoms with Crippen LogP contribution in [0, 0.1) is 6.92 Å². The molecule has 0 aliphatic carbocycles. The van der Waals surface area contributed by atoms with Crippen LogP contribution in [0.1, 0.15) is 12.0 Å². The Morgan fingerprint density at radius 3 is 2.43 bits per heavy atom. The van der Waals surface area contributed by atoms with Crippen molar-refractivity contribution in [1.29, 1.82) is 0 Å². The van der Waals surface area contributed by atoms with E-state index in [0.29, 0.717) is 12.4 Å². The maximum Gasteiger partial charge on any atom is 0.361 e. The zero-order valence-corrected chi connectivity index (χ0v) is 13.2. The highest BCUT2D eigenvalue weighted by atomic mass is 16.6. The van der Waals surface area contributed by atoms with Gasteiger partial charge in [-0.1, -0.05) is 41.6 Å². The SMILES string of the molecule is CON=C(CCOc1ccccc1C)C(=O)Oc1ccccc1. The summed E-state index contributed by atoms with van der Waals surface area (Å²) in [5.74, 6) is 0.688. The second-order valence-corrected chi connectivity index (χ2v) is 4.79. The number of carbonyl (C=O) groups is 1. The molecule has 0 heterocycles. The summed E-state index contributed by atoms with van der Waals surface area (Å²) in [6.45, 7) is 2.26. The molecule has 23 heavy (non-hydrogen) atoms. The maximum absolute atomic E-state index is 12.1. The lowest BCUT2D eigenvalue weighted by Crippen LogP contribution is -2.23. The number of esters is 1. The van der Waals surface area contributed by atoms with E-state index < -0.39 is 5.97 Å². The monoisotopic (exact) mass is 313 g/mol. The van der Waals surface area contributed by atoms with Crippen LogP contribution in [0.5, 0.6) is 11.5 Å². The fourth-order valence-corrected chi connectivity index (χ4v) is 1.93. The molecule has 0 amide bonds. The predicted molar refractivity (Wildman–Crippen MR) is 87.8 cm³/mol. The van der Waals surface area contributed by atoms with Crippen LogP contribution in [0.3, 0.4) is 0 Å². The van der Waals surface area contributed by atoms with Gasteiger partial charge in [0, 0.05) is 6.42 Å². The largest absolute Gasteiger partial charge is 0.493 e. The van der Waals surface area contributed by atoms with Crippen molar-refractivity contribution in [2.75, 3.05) is 13.7 Å². The molecule has 5 heteroatoms. The van der Waals surface area contributed by atoms with Crippen molar-refractivity contribution < 1.29 is 19.1 Å². The van der Waals surface area contributed by atoms with E-state index in [1.807, 2.05) is 37.3 Å². The van der Waals surface area contributed by atoms with E-state index >= 15 is 0 Å². The van der Waals surface area contributed by atoms with E-state index in [-0.39, 0.29) is 12.1 Å². The van der Waals surface area contributed by atoms with Gasteiger partial charge in [0.25, 0.3) is 0 Å². The van der Waals surface area contributed by atoms with Crippen molar-refractivity contribution in [1.82, 2.24) is 0 Å². The molecule has 5 nitrogen and oxygen atoms in total. The molecule has 0 spiro atoms. The first-order chi connectivity index (χ1) is 11.2. The normalized spacial score (nSPS) is 11.0. The molecule has 0 unspecified atom stereocenters. The number of para-hydroxylation sites is 2. The quantitative estimate of drug-likeness (QED) is 0.340. The molecule has 0 aliphatic rings. The van der Waals surface area contributed by atoms with Gasteiger partial charge in [0.2, 0.25) is 0 Å². The lowest BCUT2D eigenvalue weighted by Gasteiger charge is -2.10. The Labute approximate surface area is 135 Å². The first kappa shape index (κ1) is 16.5. The molecule has 0 atom stereocenters. The summed E-state index contributed by atoms with van der Waals surface area (Å²) in [7, 11) is 1.39. The Hall–Kier alpha value is -2.82. The van der Waals surface area contributed by atoms with Crippen LogP contribution in [0.25, 0.3) is 0 Å². The number of ether oxygens (including phenoxy) is 2. The van der Waals surface area contributed by atoms with Gasteiger partial charge in [-0.05, 0) is 30.7 Å². The molecule has 0 bridgehead atoms. The topological polar surface area (TPSA) is 57.1 Å². The van der Waals surface area contributed by atoms with Gasteiger partial charge >= 0.3 is 5.97 Å². The molecule has 2 aromatic carbocycles. The predicted octanol–water partition coefficient (Wildman–Crippen LogP) is 3.37. The number of rotatable bonds is 7. The lowest BCUT2D eigenvalue weighted by molar-refractivity contribution is -0.127. The molecule has 2 aromatic rings. The van der Waals surface area contributed by atoms with Crippen molar-refractivity contribution in [2.24, 2.45) is 5.16 Å². The van der Waals surface area contributed by atoms with Gasteiger partial charge in [0.1, 0.15) is 18.6 Å². The second kappa shape index (κ2) is 8.58. The van der Waals surface area contributed by atoms with Crippen LogP contribution in [0.15, 0.2) is 59.8 Å². The molecule has 0 fully saturated rings. The summed E-state index contributed by atoms with van der Waals surface area (Å²) in [6, 6.07) is 16.5. The Morgan fingerprint density at radius 1 is 1.04 bits per heavy atom. The van der Waals surface area contributed by atoms with Gasteiger partial charge in [-0.25, -0.2) is 4.79 Å². The van der Waals surface area contributed by atoms with E-state index in [9.17, 15) is 4.79 Å². The van der Waals surface area contributed by atoms with Crippen LogP contribution >= 0.6 is 0 Å². The molecular weight excluding hydrogens is 294 g/mol. The van der Waals surface area contributed by atoms with Crippen LogP contribution < -0.4 is 9.47 Å². The minimum Gasteiger partial charge on any atom is -0.493 e. The first-order valence-electron chi connectivity index (χ1n) is 7.26. The number of hydrogen-bond acceptors (Lipinski definition) is 5. The van der Waals surface area contributed by atoms with Gasteiger partial charge < -0.3 is 14.3 Å². The highest BCUT2D eigenvalue weighted by Crippen LogP contribution is 2.16. The Morgan fingerprint density at radius 2 is 1.74 bits per heavy atom. The van der Waals surface area contributed by atoms with Crippen LogP contribution in [-0.4, -0.2) is 25.4 Å². The number of carbonyl (C=O) groups excluding carboxylic acids is 1. The average Bonchev–Trinajstić information content (AvgIpc) is 2.56. The lowest BCUT2D eigenvalue weighted by atomic mass is 10.2. The summed E-state index contributed by atoms with van der Waals surface area (Å²) >= 11 is 0. The fourth-order valence-electron chi connectivity index (χ4n) is 1.93. The van der Waals surface area contributed by atoms with E-state index in [1.54, 1.807) is 24.3 Å². The zero-order valence-electron chi connectivity index (χ0n) is 13.2. The average molecular weight is 313 g/mol. The molecule has 0 radical (unpaired) electrons. The summed E-state index contributed by atoms with van der Waals surface area (Å²) in [5.41, 5.74) is 1.20. The molecule has 120 valence electrons. The number of benzene rings is 2. The third kappa shape index (κ3) is 5.14. The Balaban J connectivity index is 1.92. The number of hydrogen-bond donors (Lipinski definition) is 0. The van der Waals surface area contributed by atoms with Gasteiger partial charge in [0.05, 0.1) is 6.61 Å². The first-order valence-corrected chi connectivity index (χ1v) is 7.26. The van der Waals surface area contributed by atoms with Crippen molar-refractivity contribution in [3.63, 3.8) is 0 Å². The summed E-state index contributed by atoms with van der Waals surface area (Å²) in [6.07, 6.45) is 0.286. The van der Waals surface area contributed by atoms with Gasteiger partial charge in [-0.15, -0.1) is 0 Å². The van der Waals surface area contributed by atoms with Crippen molar-refractivity contribution in [3.8, 4) is 11.5 Å². The van der Waals surface area contributed by atoms with Gasteiger partial charge in [-0.2, -0.15) is 0 Å². The van der Waals surface area contributed by atoms with E-state index in [0.717, 1.165) is 11.3 Å². The number of oxime groups is 1. The highest BCUT2D eigenvalue weighted by Gasteiger charge is 2.15. The second-order valence-electron chi connectivity index (χ2n) is 4.79. The maximum atomic E-state index is 12.1. The van der Waals surface area contributed by atoms with Crippen molar-refractivity contribution >= 4 is 11.7 Å².